The first-order valence-corrected chi connectivity index (χ1v) is 13.6. The van der Waals surface area contributed by atoms with Gasteiger partial charge in [0.2, 0.25) is 15.9 Å². The van der Waals surface area contributed by atoms with Crippen molar-refractivity contribution in [2.75, 3.05) is 31.9 Å². The SMILES string of the molecule is Cc1ccc(-n2c(C)nnc2SCC(=O)N2CCN(S(=O)(=O)c3ccc(C)c(C)c3)CC2)cc1. The lowest BCUT2D eigenvalue weighted by atomic mass is 10.1. The summed E-state index contributed by atoms with van der Waals surface area (Å²) in [5.41, 5.74) is 4.12. The predicted molar refractivity (Wildman–Crippen MR) is 133 cm³/mol. The van der Waals surface area contributed by atoms with Crippen molar-refractivity contribution in [3.8, 4) is 5.69 Å². The maximum atomic E-state index is 13.0. The van der Waals surface area contributed by atoms with Crippen molar-refractivity contribution < 1.29 is 13.2 Å². The van der Waals surface area contributed by atoms with Gasteiger partial charge in [0.05, 0.1) is 10.6 Å². The van der Waals surface area contributed by atoms with E-state index < -0.39 is 10.0 Å². The summed E-state index contributed by atoms with van der Waals surface area (Å²) in [5, 5.41) is 9.08. The van der Waals surface area contributed by atoms with E-state index >= 15 is 0 Å². The molecule has 0 saturated carbocycles. The van der Waals surface area contributed by atoms with E-state index in [2.05, 4.69) is 10.2 Å². The van der Waals surface area contributed by atoms with Crippen molar-refractivity contribution in [2.24, 2.45) is 0 Å². The number of aryl methyl sites for hydroxylation is 4. The summed E-state index contributed by atoms with van der Waals surface area (Å²) in [7, 11) is -3.57. The maximum absolute atomic E-state index is 13.0. The highest BCUT2D eigenvalue weighted by molar-refractivity contribution is 7.99. The number of amides is 1. The van der Waals surface area contributed by atoms with Gasteiger partial charge in [-0.3, -0.25) is 9.36 Å². The fourth-order valence-corrected chi connectivity index (χ4v) is 6.25. The molecule has 0 bridgehead atoms. The summed E-state index contributed by atoms with van der Waals surface area (Å²) in [5.74, 6) is 0.932. The van der Waals surface area contributed by atoms with Gasteiger partial charge in [0, 0.05) is 31.9 Å². The molecular weight excluding hydrogens is 470 g/mol. The van der Waals surface area contributed by atoms with E-state index in [-0.39, 0.29) is 24.7 Å². The Morgan fingerprint density at radius 1 is 0.912 bits per heavy atom. The molecule has 1 saturated heterocycles. The number of piperazine rings is 1. The second-order valence-electron chi connectivity index (χ2n) is 8.52. The number of nitrogens with zero attached hydrogens (tertiary/aromatic N) is 5. The van der Waals surface area contributed by atoms with Crippen LogP contribution in [-0.4, -0.2) is 70.2 Å². The topological polar surface area (TPSA) is 88.4 Å². The second kappa shape index (κ2) is 9.89. The summed E-state index contributed by atoms with van der Waals surface area (Å²) in [4.78, 5) is 14.9. The highest BCUT2D eigenvalue weighted by Crippen LogP contribution is 2.24. The van der Waals surface area contributed by atoms with Crippen molar-refractivity contribution in [1.29, 1.82) is 0 Å². The highest BCUT2D eigenvalue weighted by atomic mass is 32.2. The van der Waals surface area contributed by atoms with Gasteiger partial charge in [0.1, 0.15) is 5.82 Å². The molecule has 1 aliphatic heterocycles. The molecule has 4 rings (SSSR count). The first kappa shape index (κ1) is 24.4. The van der Waals surface area contributed by atoms with Crippen LogP contribution in [0.1, 0.15) is 22.5 Å². The number of hydrogen-bond donors (Lipinski definition) is 0. The number of carbonyl (C=O) groups is 1. The van der Waals surface area contributed by atoms with Crippen molar-refractivity contribution in [3.05, 3.63) is 65.0 Å². The van der Waals surface area contributed by atoms with Gasteiger partial charge in [0.25, 0.3) is 0 Å². The Morgan fingerprint density at radius 3 is 2.24 bits per heavy atom. The minimum Gasteiger partial charge on any atom is -0.339 e. The van der Waals surface area contributed by atoms with Gasteiger partial charge in [-0.2, -0.15) is 4.31 Å². The van der Waals surface area contributed by atoms with E-state index in [0.29, 0.717) is 23.1 Å². The van der Waals surface area contributed by atoms with E-state index in [9.17, 15) is 13.2 Å². The fourth-order valence-electron chi connectivity index (χ4n) is 3.85. The predicted octanol–water partition coefficient (Wildman–Crippen LogP) is 3.13. The van der Waals surface area contributed by atoms with Crippen molar-refractivity contribution in [3.63, 3.8) is 0 Å². The lowest BCUT2D eigenvalue weighted by molar-refractivity contribution is -0.129. The minimum atomic E-state index is -3.57. The van der Waals surface area contributed by atoms with Crippen LogP contribution >= 0.6 is 11.8 Å². The third kappa shape index (κ3) is 5.03. The number of rotatable bonds is 6. The van der Waals surface area contributed by atoms with Crippen LogP contribution in [0.4, 0.5) is 0 Å². The van der Waals surface area contributed by atoms with Gasteiger partial charge in [0.15, 0.2) is 5.16 Å². The van der Waals surface area contributed by atoms with E-state index in [1.807, 2.05) is 62.6 Å². The van der Waals surface area contributed by atoms with Crippen LogP contribution in [-0.2, 0) is 14.8 Å². The molecule has 0 spiro atoms. The highest BCUT2D eigenvalue weighted by Gasteiger charge is 2.30. The molecule has 0 unspecified atom stereocenters. The second-order valence-corrected chi connectivity index (χ2v) is 11.4. The zero-order valence-electron chi connectivity index (χ0n) is 19.9. The Balaban J connectivity index is 1.37. The summed E-state index contributed by atoms with van der Waals surface area (Å²) < 4.78 is 29.5. The molecule has 1 fully saturated rings. The average Bonchev–Trinajstić information content (AvgIpc) is 3.20. The van der Waals surface area contributed by atoms with Gasteiger partial charge in [-0.05, 0) is 63.1 Å². The summed E-state index contributed by atoms with van der Waals surface area (Å²) >= 11 is 1.34. The number of carbonyl (C=O) groups excluding carboxylic acids is 1. The molecule has 1 amide bonds. The molecule has 1 aliphatic rings. The Kier molecular flexibility index (Phi) is 7.11. The largest absolute Gasteiger partial charge is 0.339 e. The van der Waals surface area contributed by atoms with Crippen LogP contribution in [0.2, 0.25) is 0 Å². The number of sulfonamides is 1. The molecule has 8 nitrogen and oxygen atoms in total. The third-order valence-corrected chi connectivity index (χ3v) is 8.93. The quantitative estimate of drug-likeness (QED) is 0.484. The van der Waals surface area contributed by atoms with Crippen LogP contribution in [0.25, 0.3) is 5.69 Å². The first-order chi connectivity index (χ1) is 16.2. The van der Waals surface area contributed by atoms with Gasteiger partial charge >= 0.3 is 0 Å². The van der Waals surface area contributed by atoms with Crippen molar-refractivity contribution in [2.45, 2.75) is 37.7 Å². The molecule has 0 aliphatic carbocycles. The Bertz CT molecular complexity index is 1290. The smallest absolute Gasteiger partial charge is 0.243 e. The van der Waals surface area contributed by atoms with E-state index in [1.54, 1.807) is 17.0 Å². The molecule has 0 radical (unpaired) electrons. The lowest BCUT2D eigenvalue weighted by Gasteiger charge is -2.34. The van der Waals surface area contributed by atoms with Crippen LogP contribution in [0.3, 0.4) is 0 Å². The van der Waals surface area contributed by atoms with Crippen LogP contribution in [0, 0.1) is 27.7 Å². The molecular formula is C24H29N5O3S2. The van der Waals surface area contributed by atoms with Crippen LogP contribution < -0.4 is 0 Å². The molecule has 1 aromatic heterocycles. The van der Waals surface area contributed by atoms with Gasteiger partial charge in [-0.15, -0.1) is 10.2 Å². The monoisotopic (exact) mass is 499 g/mol. The lowest BCUT2D eigenvalue weighted by Crippen LogP contribution is -2.51. The molecule has 34 heavy (non-hydrogen) atoms. The van der Waals surface area contributed by atoms with Crippen molar-refractivity contribution >= 4 is 27.7 Å². The normalized spacial score (nSPS) is 15.0. The fraction of sp³-hybridized carbons (Fsp3) is 0.375. The standard InChI is InChI=1S/C24H29N5O3S2/c1-17-5-8-21(9-6-17)29-20(4)25-26-24(29)33-16-23(30)27-11-13-28(14-12-27)34(31,32)22-10-7-18(2)19(3)15-22/h5-10,15H,11-14,16H2,1-4H3. The number of hydrogen-bond acceptors (Lipinski definition) is 6. The molecule has 0 atom stereocenters. The van der Waals surface area contributed by atoms with Crippen LogP contribution in [0.15, 0.2) is 52.5 Å². The molecule has 10 heteroatoms. The Labute approximate surface area is 205 Å². The van der Waals surface area contributed by atoms with E-state index in [4.69, 9.17) is 0 Å². The average molecular weight is 500 g/mol. The first-order valence-electron chi connectivity index (χ1n) is 11.1. The number of aromatic nitrogens is 3. The Morgan fingerprint density at radius 2 is 1.59 bits per heavy atom. The molecule has 2 heterocycles. The van der Waals surface area contributed by atoms with E-state index in [0.717, 1.165) is 28.2 Å². The third-order valence-electron chi connectivity index (χ3n) is 6.12. The summed E-state index contributed by atoms with van der Waals surface area (Å²) in [6.07, 6.45) is 0. The number of benzene rings is 2. The van der Waals surface area contributed by atoms with Crippen molar-refractivity contribution in [1.82, 2.24) is 24.0 Å². The molecule has 0 N–H and O–H groups in total. The summed E-state index contributed by atoms with van der Waals surface area (Å²) in [6, 6.07) is 13.3. The number of thioether (sulfide) groups is 1. The van der Waals surface area contributed by atoms with E-state index in [1.165, 1.54) is 16.1 Å². The Hall–Kier alpha value is -2.69. The molecule has 2 aromatic carbocycles. The van der Waals surface area contributed by atoms with Gasteiger partial charge in [-0.25, -0.2) is 8.42 Å². The molecule has 3 aromatic rings. The summed E-state index contributed by atoms with van der Waals surface area (Å²) in [6.45, 7) is 9.08. The van der Waals surface area contributed by atoms with Gasteiger partial charge in [-0.1, -0.05) is 35.5 Å². The molecule has 180 valence electrons. The van der Waals surface area contributed by atoms with Gasteiger partial charge < -0.3 is 4.90 Å². The van der Waals surface area contributed by atoms with Crippen LogP contribution in [0.5, 0.6) is 0 Å². The minimum absolute atomic E-state index is 0.0377. The zero-order chi connectivity index (χ0) is 24.5. The maximum Gasteiger partial charge on any atom is 0.243 e. The zero-order valence-corrected chi connectivity index (χ0v) is 21.5.